The minimum Gasteiger partial charge on any atom is -0.414 e. The van der Waals surface area contributed by atoms with Gasteiger partial charge in [0, 0.05) is 31.4 Å². The van der Waals surface area contributed by atoms with E-state index in [4.69, 9.17) is 19.6 Å². The summed E-state index contributed by atoms with van der Waals surface area (Å²) < 4.78 is 56.9. The Morgan fingerprint density at radius 1 is 1.00 bits per heavy atom. The Morgan fingerprint density at radius 2 is 1.77 bits per heavy atom. The summed E-state index contributed by atoms with van der Waals surface area (Å²) in [4.78, 5) is 8.93. The summed E-state index contributed by atoms with van der Waals surface area (Å²) in [5.41, 5.74) is 8.17. The first-order chi connectivity index (χ1) is 19.4. The number of rotatable bonds is 8. The number of hydrogen-bond acceptors (Lipinski definition) is 11. The van der Waals surface area contributed by atoms with E-state index in [1.54, 1.807) is 24.3 Å². The van der Waals surface area contributed by atoms with Crippen molar-refractivity contribution in [2.45, 2.75) is 35.6 Å². The third-order valence-electron chi connectivity index (χ3n) is 7.02. The number of anilines is 1. The van der Waals surface area contributed by atoms with Gasteiger partial charge in [-0.2, -0.15) is 0 Å². The van der Waals surface area contributed by atoms with Gasteiger partial charge in [-0.25, -0.2) is 22.8 Å². The van der Waals surface area contributed by atoms with Gasteiger partial charge in [-0.1, -0.05) is 18.2 Å². The van der Waals surface area contributed by atoms with Crippen LogP contribution < -0.4 is 11.1 Å². The summed E-state index contributed by atoms with van der Waals surface area (Å²) in [6.07, 6.45) is 2.88. The maximum absolute atomic E-state index is 14.9. The molecule has 6 rings (SSSR count). The molecule has 2 fully saturated rings. The highest BCUT2D eigenvalue weighted by molar-refractivity contribution is 7.92. The summed E-state index contributed by atoms with van der Waals surface area (Å²) in [5.74, 6) is -0.483. The topological polar surface area (TPSA) is 155 Å². The molecule has 0 radical (unpaired) electrons. The van der Waals surface area contributed by atoms with Crippen molar-refractivity contribution >= 4 is 15.7 Å². The molecule has 4 aromatic rings. The zero-order valence-electron chi connectivity index (χ0n) is 21.4. The van der Waals surface area contributed by atoms with Crippen LogP contribution in [0.1, 0.15) is 18.4 Å². The highest BCUT2D eigenvalue weighted by Crippen LogP contribution is 2.30. The van der Waals surface area contributed by atoms with Gasteiger partial charge in [0.2, 0.25) is 0 Å². The number of aromatic nitrogens is 4. The molecule has 3 N–H and O–H groups in total. The molecule has 2 aliphatic heterocycles. The van der Waals surface area contributed by atoms with Crippen LogP contribution in [0.3, 0.4) is 0 Å². The zero-order chi connectivity index (χ0) is 27.7. The lowest BCUT2D eigenvalue weighted by molar-refractivity contribution is 0.190. The molecule has 0 spiro atoms. The number of hydrogen-bond donors (Lipinski definition) is 2. The van der Waals surface area contributed by atoms with Crippen LogP contribution >= 0.6 is 0 Å². The van der Waals surface area contributed by atoms with Gasteiger partial charge >= 0.3 is 0 Å². The van der Waals surface area contributed by atoms with Gasteiger partial charge in [0.05, 0.1) is 40.8 Å². The molecule has 2 aromatic heterocycles. The molecule has 2 atom stereocenters. The Kier molecular flexibility index (Phi) is 7.27. The largest absolute Gasteiger partial charge is 0.414 e. The lowest BCUT2D eigenvalue weighted by Gasteiger charge is -2.11. The Labute approximate surface area is 229 Å². The monoisotopic (exact) mass is 566 g/mol. The predicted molar refractivity (Wildman–Crippen MR) is 143 cm³/mol. The van der Waals surface area contributed by atoms with Crippen molar-refractivity contribution in [1.29, 1.82) is 0 Å². The fourth-order valence-corrected chi connectivity index (χ4v) is 6.27. The number of nitrogens with two attached hydrogens (primary N) is 1. The van der Waals surface area contributed by atoms with Crippen molar-refractivity contribution in [2.75, 3.05) is 32.2 Å². The standard InChI is InChI=1S/C27H27FN6O5S/c28-22-11-16(12-30-18-7-9-37-14-18)1-6-21(22)26-33-34-27(39-26)24-25(29)31-13-23(32-24)17-2-4-19(5-3-17)40(35,36)20-8-10-38-15-20/h1-6,11,13,18,20,30H,7-10,12,14-15H2,(H2,29,31). The molecule has 2 unspecified atom stereocenters. The molecule has 4 heterocycles. The molecule has 0 bridgehead atoms. The number of ether oxygens (including phenoxy) is 2. The molecule has 40 heavy (non-hydrogen) atoms. The van der Waals surface area contributed by atoms with Gasteiger partial charge in [0.1, 0.15) is 5.82 Å². The van der Waals surface area contributed by atoms with E-state index in [-0.39, 0.29) is 46.4 Å². The van der Waals surface area contributed by atoms with E-state index in [0.29, 0.717) is 37.4 Å². The highest BCUT2D eigenvalue weighted by Gasteiger charge is 2.31. The van der Waals surface area contributed by atoms with Crippen molar-refractivity contribution in [3.63, 3.8) is 0 Å². The van der Waals surface area contributed by atoms with E-state index in [2.05, 4.69) is 25.5 Å². The Hall–Kier alpha value is -3.78. The fraction of sp³-hybridized carbons (Fsp3) is 0.333. The van der Waals surface area contributed by atoms with Crippen LogP contribution in [0.15, 0.2) is 58.0 Å². The quantitative estimate of drug-likeness (QED) is 0.323. The highest BCUT2D eigenvalue weighted by atomic mass is 32.2. The maximum Gasteiger partial charge on any atom is 0.270 e. The average molecular weight is 567 g/mol. The van der Waals surface area contributed by atoms with Crippen LogP contribution in [-0.4, -0.2) is 66.3 Å². The molecule has 0 saturated carbocycles. The number of sulfone groups is 1. The van der Waals surface area contributed by atoms with Crippen LogP contribution in [0.5, 0.6) is 0 Å². The summed E-state index contributed by atoms with van der Waals surface area (Å²) in [6, 6.07) is 11.5. The first kappa shape index (κ1) is 26.4. The fourth-order valence-electron chi connectivity index (χ4n) is 4.69. The third kappa shape index (κ3) is 5.32. The van der Waals surface area contributed by atoms with E-state index in [1.807, 2.05) is 0 Å². The lowest BCUT2D eigenvalue weighted by Crippen LogP contribution is -2.28. The van der Waals surface area contributed by atoms with E-state index >= 15 is 0 Å². The second-order valence-corrected chi connectivity index (χ2v) is 11.9. The van der Waals surface area contributed by atoms with Crippen LogP contribution in [0, 0.1) is 5.82 Å². The van der Waals surface area contributed by atoms with Gasteiger partial charge in [-0.05, 0) is 42.7 Å². The minimum absolute atomic E-state index is 0.0198. The summed E-state index contributed by atoms with van der Waals surface area (Å²) in [7, 11) is -3.49. The molecule has 11 nitrogen and oxygen atoms in total. The molecule has 13 heteroatoms. The molecule has 2 aliphatic rings. The van der Waals surface area contributed by atoms with Crippen molar-refractivity contribution in [1.82, 2.24) is 25.5 Å². The van der Waals surface area contributed by atoms with Crippen LogP contribution in [0.2, 0.25) is 0 Å². The smallest absolute Gasteiger partial charge is 0.270 e. The minimum atomic E-state index is -3.49. The van der Waals surface area contributed by atoms with Gasteiger partial charge in [-0.15, -0.1) is 10.2 Å². The lowest BCUT2D eigenvalue weighted by atomic mass is 10.1. The zero-order valence-corrected chi connectivity index (χ0v) is 22.2. The molecule has 0 amide bonds. The van der Waals surface area contributed by atoms with Crippen LogP contribution in [-0.2, 0) is 25.9 Å². The molecular formula is C27H27FN6O5S. The van der Waals surface area contributed by atoms with Gasteiger partial charge in [0.25, 0.3) is 11.8 Å². The van der Waals surface area contributed by atoms with Crippen molar-refractivity contribution < 1.29 is 26.7 Å². The summed E-state index contributed by atoms with van der Waals surface area (Å²) in [6.45, 7) is 2.54. The number of benzene rings is 2. The summed E-state index contributed by atoms with van der Waals surface area (Å²) >= 11 is 0. The molecule has 2 aromatic carbocycles. The van der Waals surface area contributed by atoms with Crippen molar-refractivity contribution in [3.05, 3.63) is 60.0 Å². The van der Waals surface area contributed by atoms with Gasteiger partial charge in [0.15, 0.2) is 21.3 Å². The maximum atomic E-state index is 14.9. The summed E-state index contributed by atoms with van der Waals surface area (Å²) in [5, 5.41) is 10.8. The van der Waals surface area contributed by atoms with E-state index < -0.39 is 20.9 Å². The molecule has 2 saturated heterocycles. The van der Waals surface area contributed by atoms with E-state index in [1.165, 1.54) is 24.4 Å². The molecule has 208 valence electrons. The van der Waals surface area contributed by atoms with Crippen LogP contribution in [0.4, 0.5) is 10.2 Å². The Balaban J connectivity index is 1.21. The SMILES string of the molecule is Nc1ncc(-c2ccc(S(=O)(=O)C3CCOC3)cc2)nc1-c1nnc(-c2ccc(CNC3CCOC3)cc2F)o1. The van der Waals surface area contributed by atoms with Gasteiger partial charge < -0.3 is 24.9 Å². The van der Waals surface area contributed by atoms with E-state index in [0.717, 1.165) is 18.6 Å². The number of nitrogens with zero attached hydrogens (tertiary/aromatic N) is 4. The van der Waals surface area contributed by atoms with Crippen molar-refractivity contribution in [2.24, 2.45) is 0 Å². The molecule has 0 aliphatic carbocycles. The third-order valence-corrected chi connectivity index (χ3v) is 9.20. The van der Waals surface area contributed by atoms with Crippen molar-refractivity contribution in [3.8, 4) is 34.3 Å². The number of nitrogen functional groups attached to an aromatic ring is 1. The second-order valence-electron chi connectivity index (χ2n) is 9.71. The first-order valence-electron chi connectivity index (χ1n) is 12.9. The predicted octanol–water partition coefficient (Wildman–Crippen LogP) is 3.02. The number of nitrogens with one attached hydrogen (secondary N) is 1. The first-order valence-corrected chi connectivity index (χ1v) is 14.4. The van der Waals surface area contributed by atoms with Gasteiger partial charge in [-0.3, -0.25) is 0 Å². The average Bonchev–Trinajstić information content (AvgIpc) is 3.76. The number of halogens is 1. The Bertz CT molecular complexity index is 1620. The van der Waals surface area contributed by atoms with Crippen LogP contribution in [0.25, 0.3) is 34.3 Å². The van der Waals surface area contributed by atoms with E-state index in [9.17, 15) is 12.8 Å². The normalized spacial score (nSPS) is 19.3. The molecular weight excluding hydrogens is 539 g/mol. The second kappa shape index (κ2) is 11.0. The Morgan fingerprint density at radius 3 is 2.50 bits per heavy atom.